The van der Waals surface area contributed by atoms with E-state index in [2.05, 4.69) is 5.43 Å². The number of hydrogen-bond acceptors (Lipinski definition) is 2. The Bertz CT molecular complexity index is 719. The Morgan fingerprint density at radius 1 is 1.15 bits per heavy atom. The summed E-state index contributed by atoms with van der Waals surface area (Å²) in [5.74, 6) is 0.446. The lowest BCUT2D eigenvalue weighted by Gasteiger charge is -2.07. The van der Waals surface area contributed by atoms with Crippen molar-refractivity contribution >= 4 is 11.7 Å². The molecule has 4 heteroatoms. The summed E-state index contributed by atoms with van der Waals surface area (Å²) in [7, 11) is 0. The number of nitrogens with two attached hydrogens (primary N) is 1. The smallest absolute Gasteiger partial charge is 0.285 e. The van der Waals surface area contributed by atoms with Crippen LogP contribution in [0.3, 0.4) is 0 Å². The van der Waals surface area contributed by atoms with E-state index in [-0.39, 0.29) is 5.91 Å². The van der Waals surface area contributed by atoms with Gasteiger partial charge in [0.05, 0.1) is 5.56 Å². The highest BCUT2D eigenvalue weighted by molar-refractivity contribution is 5.98. The van der Waals surface area contributed by atoms with Crippen LogP contribution < -0.4 is 11.2 Å². The number of amides is 1. The van der Waals surface area contributed by atoms with E-state index in [1.54, 1.807) is 4.68 Å². The average Bonchev–Trinajstić information content (AvgIpc) is 2.76. The van der Waals surface area contributed by atoms with Crippen LogP contribution in [-0.2, 0) is 6.54 Å². The Kier molecular flexibility index (Phi) is 2.99. The van der Waals surface area contributed by atoms with Gasteiger partial charge in [-0.25, -0.2) is 0 Å². The van der Waals surface area contributed by atoms with Gasteiger partial charge in [0.2, 0.25) is 0 Å². The number of carbonyl (C=O) groups excluding carboxylic acids is 1. The summed E-state index contributed by atoms with van der Waals surface area (Å²) in [4.78, 5) is 12.3. The van der Waals surface area contributed by atoms with Crippen LogP contribution in [0.15, 0.2) is 48.5 Å². The van der Waals surface area contributed by atoms with Crippen LogP contribution in [0.2, 0.25) is 0 Å². The van der Waals surface area contributed by atoms with E-state index >= 15 is 0 Å². The molecule has 0 radical (unpaired) electrons. The number of rotatable bonds is 2. The number of hydrogen-bond donors (Lipinski definition) is 2. The molecule has 1 aliphatic rings. The van der Waals surface area contributed by atoms with Crippen molar-refractivity contribution < 1.29 is 9.48 Å². The first-order valence-electron chi connectivity index (χ1n) is 6.51. The number of benzene rings is 2. The minimum Gasteiger partial charge on any atom is -0.285 e. The lowest BCUT2D eigenvalue weighted by Crippen LogP contribution is -2.38. The molecular weight excluding hydrogens is 250 g/mol. The first-order chi connectivity index (χ1) is 9.66. The number of nitrogens with one attached hydrogen (secondary N) is 1. The summed E-state index contributed by atoms with van der Waals surface area (Å²) >= 11 is 0. The zero-order valence-electron chi connectivity index (χ0n) is 11.3. The fraction of sp³-hybridized carbons (Fsp3) is 0.125. The first kappa shape index (κ1) is 12.4. The van der Waals surface area contributed by atoms with Crippen molar-refractivity contribution in [3.8, 4) is 0 Å². The third-order valence-corrected chi connectivity index (χ3v) is 3.54. The van der Waals surface area contributed by atoms with Crippen molar-refractivity contribution in [1.82, 2.24) is 5.43 Å². The minimum atomic E-state index is -0.140. The largest absolute Gasteiger partial charge is 0.299 e. The van der Waals surface area contributed by atoms with Crippen molar-refractivity contribution in [3.63, 3.8) is 0 Å². The van der Waals surface area contributed by atoms with Crippen molar-refractivity contribution in [3.05, 3.63) is 70.8 Å². The molecule has 0 fully saturated rings. The first-order valence-corrected chi connectivity index (χ1v) is 6.51. The van der Waals surface area contributed by atoms with Crippen LogP contribution in [0.1, 0.15) is 27.0 Å². The molecule has 0 aliphatic carbocycles. The molecule has 0 saturated carbocycles. The lowest BCUT2D eigenvalue weighted by atomic mass is 10.1. The monoisotopic (exact) mass is 266 g/mol. The Balaban J connectivity index is 1.86. The molecule has 2 aromatic rings. The molecule has 0 bridgehead atoms. The van der Waals surface area contributed by atoms with Crippen LogP contribution >= 0.6 is 0 Å². The zero-order chi connectivity index (χ0) is 14.1. The second-order valence-corrected chi connectivity index (χ2v) is 4.88. The van der Waals surface area contributed by atoms with Gasteiger partial charge in [-0.1, -0.05) is 36.4 Å². The lowest BCUT2D eigenvalue weighted by molar-refractivity contribution is -0.584. The molecule has 0 aromatic heterocycles. The summed E-state index contributed by atoms with van der Waals surface area (Å²) in [6.07, 6.45) is 0. The van der Waals surface area contributed by atoms with Crippen LogP contribution in [0.25, 0.3) is 0 Å². The summed E-state index contributed by atoms with van der Waals surface area (Å²) in [5, 5.41) is 0. The summed E-state index contributed by atoms with van der Waals surface area (Å²) in [5.41, 5.74) is 12.7. The Morgan fingerprint density at radius 3 is 2.60 bits per heavy atom. The van der Waals surface area contributed by atoms with E-state index in [9.17, 15) is 4.79 Å². The van der Waals surface area contributed by atoms with Gasteiger partial charge in [0, 0.05) is 11.1 Å². The van der Waals surface area contributed by atoms with Gasteiger partial charge in [0.15, 0.2) is 0 Å². The fourth-order valence-electron chi connectivity index (χ4n) is 2.42. The molecule has 0 atom stereocenters. The van der Waals surface area contributed by atoms with E-state index < -0.39 is 0 Å². The molecule has 0 saturated heterocycles. The van der Waals surface area contributed by atoms with Crippen LogP contribution in [-0.4, -0.2) is 16.4 Å². The predicted molar refractivity (Wildman–Crippen MR) is 77.3 cm³/mol. The maximum Gasteiger partial charge on any atom is 0.299 e. The van der Waals surface area contributed by atoms with Crippen LogP contribution in [0, 0.1) is 6.92 Å². The van der Waals surface area contributed by atoms with Crippen molar-refractivity contribution in [2.75, 3.05) is 0 Å². The third kappa shape index (κ3) is 2.05. The number of nitrogens with zero attached hydrogens (tertiary/aromatic N) is 1. The molecule has 0 unspecified atom stereocenters. The number of amidine groups is 1. The highest BCUT2D eigenvalue weighted by atomic mass is 16.2. The number of fused-ring (bicyclic) bond motifs is 1. The molecule has 1 amide bonds. The highest BCUT2D eigenvalue weighted by Crippen LogP contribution is 2.15. The maximum absolute atomic E-state index is 12.3. The second-order valence-electron chi connectivity index (χ2n) is 4.88. The Morgan fingerprint density at radius 2 is 1.85 bits per heavy atom. The summed E-state index contributed by atoms with van der Waals surface area (Å²) < 4.78 is 1.69. The van der Waals surface area contributed by atoms with E-state index in [0.717, 1.165) is 16.7 Å². The third-order valence-electron chi connectivity index (χ3n) is 3.54. The minimum absolute atomic E-state index is 0.140. The zero-order valence-corrected chi connectivity index (χ0v) is 11.3. The standard InChI is InChI=1S/C16H15N3O/c1-11-6-2-4-8-13(11)16(20)18-19-10-12-7-3-5-9-14(12)15(19)17/h2-9,17H,10H2,1H3,(H,18,20)/p+1. The Labute approximate surface area is 117 Å². The SMILES string of the molecule is Cc1ccccc1C(=O)N[N+]1=C(N)c2ccccc2C1. The topological polar surface area (TPSA) is 58.1 Å². The van der Waals surface area contributed by atoms with Gasteiger partial charge in [-0.15, -0.1) is 0 Å². The molecule has 0 spiro atoms. The molecule has 3 N–H and O–H groups in total. The van der Waals surface area contributed by atoms with Gasteiger partial charge in [0.1, 0.15) is 6.54 Å². The number of aryl methyl sites for hydroxylation is 1. The fourth-order valence-corrected chi connectivity index (χ4v) is 2.42. The molecule has 20 heavy (non-hydrogen) atoms. The van der Waals surface area contributed by atoms with Gasteiger partial charge in [0.25, 0.3) is 11.7 Å². The molecule has 3 rings (SSSR count). The van der Waals surface area contributed by atoms with Gasteiger partial charge in [-0.3, -0.25) is 10.5 Å². The predicted octanol–water partition coefficient (Wildman–Crippen LogP) is 1.57. The van der Waals surface area contributed by atoms with E-state index in [4.69, 9.17) is 5.73 Å². The summed E-state index contributed by atoms with van der Waals surface area (Å²) in [6.45, 7) is 2.51. The quantitative estimate of drug-likeness (QED) is 0.811. The average molecular weight is 266 g/mol. The van der Waals surface area contributed by atoms with Crippen molar-refractivity contribution in [2.45, 2.75) is 13.5 Å². The maximum atomic E-state index is 12.3. The van der Waals surface area contributed by atoms with E-state index in [0.29, 0.717) is 17.9 Å². The molecule has 4 nitrogen and oxygen atoms in total. The normalized spacial score (nSPS) is 13.2. The van der Waals surface area contributed by atoms with E-state index in [1.165, 1.54) is 0 Å². The van der Waals surface area contributed by atoms with Gasteiger partial charge < -0.3 is 0 Å². The van der Waals surface area contributed by atoms with Gasteiger partial charge >= 0.3 is 0 Å². The number of hydrazone groups is 1. The van der Waals surface area contributed by atoms with Crippen LogP contribution in [0.4, 0.5) is 0 Å². The molecule has 1 aliphatic heterocycles. The number of carbonyl (C=O) groups is 1. The highest BCUT2D eigenvalue weighted by Gasteiger charge is 2.26. The van der Waals surface area contributed by atoms with Gasteiger partial charge in [-0.2, -0.15) is 10.1 Å². The molecule has 1 heterocycles. The summed E-state index contributed by atoms with van der Waals surface area (Å²) in [6, 6.07) is 15.4. The number of hydrazine groups is 1. The Hall–Kier alpha value is -2.62. The van der Waals surface area contributed by atoms with Crippen molar-refractivity contribution in [1.29, 1.82) is 0 Å². The van der Waals surface area contributed by atoms with E-state index in [1.807, 2.05) is 55.5 Å². The second kappa shape index (κ2) is 4.81. The van der Waals surface area contributed by atoms with Gasteiger partial charge in [-0.05, 0) is 24.6 Å². The van der Waals surface area contributed by atoms with Crippen molar-refractivity contribution in [2.24, 2.45) is 5.73 Å². The molecule has 100 valence electrons. The molecular formula is C16H16N3O+. The molecule has 2 aromatic carbocycles. The van der Waals surface area contributed by atoms with Crippen LogP contribution in [0.5, 0.6) is 0 Å².